The largest absolute Gasteiger partial charge is 0.397 e. The van der Waals surface area contributed by atoms with Gasteiger partial charge in [-0.25, -0.2) is 0 Å². The van der Waals surface area contributed by atoms with Gasteiger partial charge in [-0.3, -0.25) is 0 Å². The minimum atomic E-state index is 0.590. The number of aryl methyl sites for hydroxylation is 1. The van der Waals surface area contributed by atoms with Gasteiger partial charge in [0.05, 0.1) is 11.4 Å². The summed E-state index contributed by atoms with van der Waals surface area (Å²) in [5.74, 6) is 0. The Morgan fingerprint density at radius 2 is 2.13 bits per heavy atom. The molecule has 0 spiro atoms. The number of nitrogen functional groups attached to an aromatic ring is 1. The summed E-state index contributed by atoms with van der Waals surface area (Å²) in [5.41, 5.74) is 9.12. The molecule has 0 aliphatic heterocycles. The van der Waals surface area contributed by atoms with E-state index >= 15 is 0 Å². The van der Waals surface area contributed by atoms with Crippen LogP contribution in [0.1, 0.15) is 11.3 Å². The Bertz CT molecular complexity index is 532. The monoisotopic (exact) mass is 197 g/mol. The van der Waals surface area contributed by atoms with Crippen molar-refractivity contribution in [2.75, 3.05) is 5.73 Å². The van der Waals surface area contributed by atoms with Crippen molar-refractivity contribution in [3.63, 3.8) is 0 Å². The van der Waals surface area contributed by atoms with Crippen molar-refractivity contribution in [3.8, 4) is 11.8 Å². The highest BCUT2D eigenvalue weighted by Gasteiger charge is 2.05. The predicted molar refractivity (Wildman–Crippen MR) is 59.6 cm³/mol. The van der Waals surface area contributed by atoms with E-state index in [-0.39, 0.29) is 0 Å². The van der Waals surface area contributed by atoms with E-state index in [1.807, 2.05) is 37.4 Å². The average Bonchev–Trinajstić information content (AvgIpc) is 2.69. The molecule has 0 fully saturated rings. The molecule has 3 heteroatoms. The molecule has 1 heterocycles. The highest BCUT2D eigenvalue weighted by Crippen LogP contribution is 2.20. The predicted octanol–water partition coefficient (Wildman–Crippen LogP) is 2.24. The third-order valence-electron chi connectivity index (χ3n) is 2.31. The Morgan fingerprint density at radius 3 is 2.87 bits per heavy atom. The van der Waals surface area contributed by atoms with E-state index in [9.17, 15) is 0 Å². The second kappa shape index (κ2) is 3.50. The number of nitrogens with zero attached hydrogens (tertiary/aromatic N) is 2. The van der Waals surface area contributed by atoms with Crippen LogP contribution in [-0.4, -0.2) is 4.57 Å². The molecule has 15 heavy (non-hydrogen) atoms. The SMILES string of the molecule is Cc1ccc(N)c(-n2cccc2C#N)c1. The number of hydrogen-bond donors (Lipinski definition) is 1. The molecule has 3 nitrogen and oxygen atoms in total. The third kappa shape index (κ3) is 1.57. The average molecular weight is 197 g/mol. The Kier molecular flexibility index (Phi) is 2.18. The first kappa shape index (κ1) is 9.35. The van der Waals surface area contributed by atoms with Gasteiger partial charge in [-0.05, 0) is 36.8 Å². The topological polar surface area (TPSA) is 54.7 Å². The van der Waals surface area contributed by atoms with E-state index in [2.05, 4.69) is 6.07 Å². The van der Waals surface area contributed by atoms with E-state index in [0.29, 0.717) is 11.4 Å². The lowest BCUT2D eigenvalue weighted by atomic mass is 10.2. The zero-order valence-electron chi connectivity index (χ0n) is 8.44. The van der Waals surface area contributed by atoms with Crippen LogP contribution in [0.2, 0.25) is 0 Å². The lowest BCUT2D eigenvalue weighted by molar-refractivity contribution is 1.05. The zero-order chi connectivity index (χ0) is 10.8. The maximum absolute atomic E-state index is 8.92. The lowest BCUT2D eigenvalue weighted by Gasteiger charge is -2.09. The summed E-state index contributed by atoms with van der Waals surface area (Å²) in [4.78, 5) is 0. The number of nitrogens with two attached hydrogens (primary N) is 1. The van der Waals surface area contributed by atoms with Crippen LogP contribution in [0.5, 0.6) is 0 Å². The third-order valence-corrected chi connectivity index (χ3v) is 2.31. The van der Waals surface area contributed by atoms with Gasteiger partial charge in [0.25, 0.3) is 0 Å². The maximum Gasteiger partial charge on any atom is 0.124 e. The van der Waals surface area contributed by atoms with E-state index in [4.69, 9.17) is 11.0 Å². The van der Waals surface area contributed by atoms with Crippen LogP contribution in [0.4, 0.5) is 5.69 Å². The quantitative estimate of drug-likeness (QED) is 0.713. The fraction of sp³-hybridized carbons (Fsp3) is 0.0833. The van der Waals surface area contributed by atoms with Gasteiger partial charge in [0, 0.05) is 6.20 Å². The zero-order valence-corrected chi connectivity index (χ0v) is 8.44. The van der Waals surface area contributed by atoms with Gasteiger partial charge in [0.2, 0.25) is 0 Å². The summed E-state index contributed by atoms with van der Waals surface area (Å²) < 4.78 is 1.79. The molecule has 0 aliphatic carbocycles. The van der Waals surface area contributed by atoms with Crippen molar-refractivity contribution in [3.05, 3.63) is 47.8 Å². The van der Waals surface area contributed by atoms with Crippen molar-refractivity contribution < 1.29 is 0 Å². The van der Waals surface area contributed by atoms with E-state index in [1.54, 1.807) is 10.6 Å². The van der Waals surface area contributed by atoms with Crippen molar-refractivity contribution >= 4 is 5.69 Å². The Labute approximate surface area is 88.4 Å². The molecule has 0 bridgehead atoms. The van der Waals surface area contributed by atoms with E-state index in [1.165, 1.54) is 0 Å². The van der Waals surface area contributed by atoms with Gasteiger partial charge in [-0.2, -0.15) is 5.26 Å². The van der Waals surface area contributed by atoms with Crippen LogP contribution in [0.3, 0.4) is 0 Å². The number of benzene rings is 1. The molecule has 0 saturated heterocycles. The fourth-order valence-electron chi connectivity index (χ4n) is 1.54. The molecule has 0 saturated carbocycles. The van der Waals surface area contributed by atoms with Crippen LogP contribution in [0.15, 0.2) is 36.5 Å². The highest BCUT2D eigenvalue weighted by atomic mass is 15.0. The molecule has 0 atom stereocenters. The van der Waals surface area contributed by atoms with Gasteiger partial charge in [-0.1, -0.05) is 6.07 Å². The fourth-order valence-corrected chi connectivity index (χ4v) is 1.54. The van der Waals surface area contributed by atoms with Crippen LogP contribution >= 0.6 is 0 Å². The normalized spacial score (nSPS) is 9.87. The molecule has 74 valence electrons. The standard InChI is InChI=1S/C12H11N3/c1-9-4-5-11(14)12(7-9)15-6-2-3-10(15)8-13/h2-7H,14H2,1H3. The van der Waals surface area contributed by atoms with Crippen molar-refractivity contribution in [2.24, 2.45) is 0 Å². The molecule has 1 aromatic carbocycles. The Morgan fingerprint density at radius 1 is 1.33 bits per heavy atom. The summed E-state index contributed by atoms with van der Waals surface area (Å²) in [6.45, 7) is 2.00. The minimum Gasteiger partial charge on any atom is -0.397 e. The summed E-state index contributed by atoms with van der Waals surface area (Å²) in [7, 11) is 0. The maximum atomic E-state index is 8.92. The van der Waals surface area contributed by atoms with Gasteiger partial charge >= 0.3 is 0 Å². The van der Waals surface area contributed by atoms with Crippen LogP contribution in [0, 0.1) is 18.3 Å². The van der Waals surface area contributed by atoms with Gasteiger partial charge in [0.15, 0.2) is 0 Å². The first-order valence-corrected chi connectivity index (χ1v) is 4.66. The molecule has 2 rings (SSSR count). The smallest absolute Gasteiger partial charge is 0.124 e. The molecular weight excluding hydrogens is 186 g/mol. The van der Waals surface area contributed by atoms with Crippen LogP contribution < -0.4 is 5.73 Å². The van der Waals surface area contributed by atoms with Gasteiger partial charge < -0.3 is 10.3 Å². The van der Waals surface area contributed by atoms with Gasteiger partial charge in [-0.15, -0.1) is 0 Å². The van der Waals surface area contributed by atoms with Crippen LogP contribution in [-0.2, 0) is 0 Å². The lowest BCUT2D eigenvalue weighted by Crippen LogP contribution is -2.00. The first-order chi connectivity index (χ1) is 7.22. The second-order valence-corrected chi connectivity index (χ2v) is 3.44. The summed E-state index contributed by atoms with van der Waals surface area (Å²) >= 11 is 0. The number of anilines is 1. The minimum absolute atomic E-state index is 0.590. The molecule has 0 radical (unpaired) electrons. The molecular formula is C12H11N3. The van der Waals surface area contributed by atoms with Crippen LogP contribution in [0.25, 0.3) is 5.69 Å². The van der Waals surface area contributed by atoms with Crippen molar-refractivity contribution in [1.82, 2.24) is 4.57 Å². The van der Waals surface area contributed by atoms with E-state index < -0.39 is 0 Å². The van der Waals surface area contributed by atoms with E-state index in [0.717, 1.165) is 11.3 Å². The second-order valence-electron chi connectivity index (χ2n) is 3.44. The Hall–Kier alpha value is -2.21. The van der Waals surface area contributed by atoms with Crippen molar-refractivity contribution in [2.45, 2.75) is 6.92 Å². The highest BCUT2D eigenvalue weighted by molar-refractivity contribution is 5.60. The molecule has 0 unspecified atom stereocenters. The number of rotatable bonds is 1. The van der Waals surface area contributed by atoms with Crippen molar-refractivity contribution in [1.29, 1.82) is 5.26 Å². The molecule has 0 amide bonds. The number of nitriles is 1. The molecule has 1 aromatic heterocycles. The molecule has 2 aromatic rings. The summed E-state index contributed by atoms with van der Waals surface area (Å²) in [6, 6.07) is 11.5. The molecule has 0 aliphatic rings. The number of aromatic nitrogens is 1. The molecule has 2 N–H and O–H groups in total. The van der Waals surface area contributed by atoms with Gasteiger partial charge in [0.1, 0.15) is 11.8 Å². The first-order valence-electron chi connectivity index (χ1n) is 4.66. The number of hydrogen-bond acceptors (Lipinski definition) is 2. The summed E-state index contributed by atoms with van der Waals surface area (Å²) in [5, 5.41) is 8.92. The summed E-state index contributed by atoms with van der Waals surface area (Å²) in [6.07, 6.45) is 1.84. The Balaban J connectivity index is 2.64.